The van der Waals surface area contributed by atoms with Gasteiger partial charge in [0.2, 0.25) is 5.91 Å². The van der Waals surface area contributed by atoms with Crippen molar-refractivity contribution in [1.29, 1.82) is 0 Å². The minimum Gasteiger partial charge on any atom is -0.326 e. The zero-order chi connectivity index (χ0) is 16.7. The molecule has 1 amide bonds. The van der Waals surface area contributed by atoms with Crippen LogP contribution in [0, 0.1) is 0 Å². The molecule has 0 aliphatic carbocycles. The number of carbonyl (C=O) groups excluding carboxylic acids is 1. The Hall–Kier alpha value is -1.60. The lowest BCUT2D eigenvalue weighted by Crippen LogP contribution is -2.41. The fraction of sp³-hybridized carbons (Fsp3) is 0.444. The molecule has 1 aromatic heterocycles. The quantitative estimate of drug-likeness (QED) is 0.856. The Bertz CT molecular complexity index is 738. The molecule has 0 bridgehead atoms. The molecule has 2 aliphatic heterocycles. The van der Waals surface area contributed by atoms with E-state index in [1.165, 1.54) is 5.56 Å². The van der Waals surface area contributed by atoms with Crippen molar-refractivity contribution >= 4 is 36.4 Å². The van der Waals surface area contributed by atoms with Crippen molar-refractivity contribution < 1.29 is 4.79 Å². The van der Waals surface area contributed by atoms with E-state index in [1.807, 2.05) is 24.2 Å². The molecule has 3 heterocycles. The molecule has 4 rings (SSSR count). The molecule has 1 unspecified atom stereocenters. The van der Waals surface area contributed by atoms with Gasteiger partial charge in [-0.3, -0.25) is 14.4 Å². The average molecular weight is 398 g/mol. The van der Waals surface area contributed by atoms with Gasteiger partial charge in [0.15, 0.2) is 0 Å². The molecule has 26 heavy (non-hydrogen) atoms. The van der Waals surface area contributed by atoms with E-state index < -0.39 is 0 Å². The first-order valence-electron chi connectivity index (χ1n) is 8.48. The van der Waals surface area contributed by atoms with Crippen LogP contribution in [0.4, 0.5) is 5.69 Å². The smallest absolute Gasteiger partial charge is 0.244 e. The lowest BCUT2D eigenvalue weighted by Gasteiger charge is -2.23. The Morgan fingerprint density at radius 3 is 2.54 bits per heavy atom. The van der Waals surface area contributed by atoms with E-state index in [1.54, 1.807) is 10.9 Å². The Labute approximate surface area is 166 Å². The molecule has 6 nitrogen and oxygen atoms in total. The number of anilines is 1. The highest BCUT2D eigenvalue weighted by Gasteiger charge is 2.42. The minimum atomic E-state index is -0.0648. The summed E-state index contributed by atoms with van der Waals surface area (Å²) in [4.78, 5) is 17.0. The third-order valence-corrected chi connectivity index (χ3v) is 5.24. The van der Waals surface area contributed by atoms with Gasteiger partial charge in [-0.1, -0.05) is 30.3 Å². The van der Waals surface area contributed by atoms with E-state index in [0.29, 0.717) is 5.92 Å². The van der Waals surface area contributed by atoms with Crippen molar-refractivity contribution in [3.05, 3.63) is 48.3 Å². The third-order valence-electron chi connectivity index (χ3n) is 5.24. The number of halogens is 2. The number of hydrogen-bond donors (Lipinski definition) is 1. The number of likely N-dealkylation sites (tertiary alicyclic amines) is 1. The number of nitrogens with zero attached hydrogens (tertiary/aromatic N) is 4. The van der Waals surface area contributed by atoms with Gasteiger partial charge in [0.05, 0.1) is 17.9 Å². The number of aryl methyl sites for hydroxylation is 1. The average Bonchev–Trinajstić information content (AvgIpc) is 3.27. The summed E-state index contributed by atoms with van der Waals surface area (Å²) in [6.45, 7) is 2.37. The van der Waals surface area contributed by atoms with Crippen LogP contribution in [0.5, 0.6) is 0 Å². The van der Waals surface area contributed by atoms with Crippen molar-refractivity contribution in [2.45, 2.75) is 24.4 Å². The number of rotatable bonds is 3. The normalized spacial score (nSPS) is 25.8. The molecule has 8 heteroatoms. The topological polar surface area (TPSA) is 67.4 Å². The lowest BCUT2D eigenvalue weighted by molar-refractivity contribution is -0.121. The Morgan fingerprint density at radius 2 is 1.88 bits per heavy atom. The van der Waals surface area contributed by atoms with Gasteiger partial charge in [0, 0.05) is 44.8 Å². The fourth-order valence-electron chi connectivity index (χ4n) is 3.98. The second-order valence-corrected chi connectivity index (χ2v) is 6.80. The van der Waals surface area contributed by atoms with Crippen LogP contribution >= 0.6 is 24.8 Å². The number of hydrogen-bond acceptors (Lipinski definition) is 4. The van der Waals surface area contributed by atoms with Crippen molar-refractivity contribution in [1.82, 2.24) is 14.7 Å². The third kappa shape index (κ3) is 3.74. The van der Waals surface area contributed by atoms with Crippen LogP contribution in [0.3, 0.4) is 0 Å². The molecule has 0 radical (unpaired) electrons. The van der Waals surface area contributed by atoms with Crippen molar-refractivity contribution in [2.24, 2.45) is 12.8 Å². The van der Waals surface area contributed by atoms with Crippen molar-refractivity contribution in [3.8, 4) is 0 Å². The summed E-state index contributed by atoms with van der Waals surface area (Å²) in [5.41, 5.74) is 8.53. The zero-order valence-corrected chi connectivity index (χ0v) is 16.3. The SMILES string of the molecule is Cl.Cl.Cn1cc(N2CCC(N3C[C@@H](N)[C@H](c4ccccc4)C3)C2=O)cn1. The monoisotopic (exact) mass is 397 g/mol. The maximum atomic E-state index is 12.9. The predicted molar refractivity (Wildman–Crippen MR) is 107 cm³/mol. The van der Waals surface area contributed by atoms with Crippen LogP contribution in [0.1, 0.15) is 17.9 Å². The summed E-state index contributed by atoms with van der Waals surface area (Å²) < 4.78 is 1.73. The van der Waals surface area contributed by atoms with Crippen LogP contribution in [0.15, 0.2) is 42.7 Å². The fourth-order valence-corrected chi connectivity index (χ4v) is 3.98. The van der Waals surface area contributed by atoms with E-state index in [-0.39, 0.29) is 42.8 Å². The molecule has 2 saturated heterocycles. The molecule has 2 fully saturated rings. The van der Waals surface area contributed by atoms with Crippen molar-refractivity contribution in [3.63, 3.8) is 0 Å². The van der Waals surface area contributed by atoms with Crippen LogP contribution in [0.25, 0.3) is 0 Å². The molecule has 1 aromatic carbocycles. The number of amides is 1. The minimum absolute atomic E-state index is 0. The number of benzene rings is 1. The number of aromatic nitrogens is 2. The van der Waals surface area contributed by atoms with E-state index >= 15 is 0 Å². The number of carbonyl (C=O) groups is 1. The molecule has 0 spiro atoms. The maximum absolute atomic E-state index is 12.9. The first kappa shape index (κ1) is 20.7. The summed E-state index contributed by atoms with van der Waals surface area (Å²) in [7, 11) is 1.87. The van der Waals surface area contributed by atoms with Gasteiger partial charge >= 0.3 is 0 Å². The van der Waals surface area contributed by atoms with E-state index in [2.05, 4.69) is 34.3 Å². The van der Waals surface area contributed by atoms with E-state index in [4.69, 9.17) is 5.73 Å². The summed E-state index contributed by atoms with van der Waals surface area (Å²) in [5.74, 6) is 0.468. The predicted octanol–water partition coefficient (Wildman–Crippen LogP) is 1.80. The van der Waals surface area contributed by atoms with E-state index in [0.717, 1.165) is 31.7 Å². The first-order valence-corrected chi connectivity index (χ1v) is 8.48. The summed E-state index contributed by atoms with van der Waals surface area (Å²) in [5, 5.41) is 4.17. The summed E-state index contributed by atoms with van der Waals surface area (Å²) in [6.07, 6.45) is 4.49. The van der Waals surface area contributed by atoms with Crippen LogP contribution in [0.2, 0.25) is 0 Å². The van der Waals surface area contributed by atoms with Crippen LogP contribution in [-0.2, 0) is 11.8 Å². The highest BCUT2D eigenvalue weighted by molar-refractivity contribution is 5.99. The second-order valence-electron chi connectivity index (χ2n) is 6.80. The molecule has 2 N–H and O–H groups in total. The Morgan fingerprint density at radius 1 is 1.15 bits per heavy atom. The molecule has 3 atom stereocenters. The van der Waals surface area contributed by atoms with Gasteiger partial charge < -0.3 is 10.6 Å². The molecule has 142 valence electrons. The highest BCUT2D eigenvalue weighted by Crippen LogP contribution is 2.31. The Balaban J connectivity index is 0.00000121. The van der Waals surface area contributed by atoms with Gasteiger partial charge in [-0.15, -0.1) is 24.8 Å². The van der Waals surface area contributed by atoms with Crippen molar-refractivity contribution in [2.75, 3.05) is 24.5 Å². The van der Waals surface area contributed by atoms with Gasteiger partial charge in [0.25, 0.3) is 0 Å². The standard InChI is InChI=1S/C18H23N5O.2ClH/c1-21-10-14(9-20-21)23-8-7-17(18(23)24)22-11-15(16(19)12-22)13-5-3-2-4-6-13;;/h2-6,9-10,15-17H,7-8,11-12,19H2,1H3;2*1H/t15-,16+,17?;;/m0../s1. The lowest BCUT2D eigenvalue weighted by atomic mass is 9.95. The summed E-state index contributed by atoms with van der Waals surface area (Å²) >= 11 is 0. The maximum Gasteiger partial charge on any atom is 0.244 e. The largest absolute Gasteiger partial charge is 0.326 e. The second kappa shape index (κ2) is 8.39. The molecule has 2 aromatic rings. The molecular weight excluding hydrogens is 373 g/mol. The molecule has 2 aliphatic rings. The van der Waals surface area contributed by atoms with Gasteiger partial charge in [-0.05, 0) is 12.0 Å². The van der Waals surface area contributed by atoms with Gasteiger partial charge in [-0.25, -0.2) is 0 Å². The first-order chi connectivity index (χ1) is 11.6. The van der Waals surface area contributed by atoms with Crippen LogP contribution in [-0.4, -0.2) is 52.3 Å². The Kier molecular flexibility index (Phi) is 6.69. The molecule has 0 saturated carbocycles. The molecular formula is C18H25Cl2N5O. The summed E-state index contributed by atoms with van der Waals surface area (Å²) in [6, 6.07) is 10.4. The van der Waals surface area contributed by atoms with Gasteiger partial charge in [0.1, 0.15) is 0 Å². The van der Waals surface area contributed by atoms with Gasteiger partial charge in [-0.2, -0.15) is 5.10 Å². The van der Waals surface area contributed by atoms with Crippen LogP contribution < -0.4 is 10.6 Å². The zero-order valence-electron chi connectivity index (χ0n) is 14.7. The highest BCUT2D eigenvalue weighted by atomic mass is 35.5. The van der Waals surface area contributed by atoms with E-state index in [9.17, 15) is 4.79 Å². The number of nitrogens with two attached hydrogens (primary N) is 1.